The van der Waals surface area contributed by atoms with Crippen molar-refractivity contribution in [2.45, 2.75) is 39.5 Å². The molecule has 6 heteroatoms. The lowest BCUT2D eigenvalue weighted by atomic mass is 10.2. The summed E-state index contributed by atoms with van der Waals surface area (Å²) in [6.07, 6.45) is -0.404. The van der Waals surface area contributed by atoms with E-state index in [9.17, 15) is 4.79 Å². The Balaban J connectivity index is 1.85. The molecular weight excluding hydrogens is 376 g/mol. The number of nitrogens with one attached hydrogen (secondary N) is 2. The first kappa shape index (κ1) is 17.8. The van der Waals surface area contributed by atoms with E-state index in [0.29, 0.717) is 6.54 Å². The van der Waals surface area contributed by atoms with Gasteiger partial charge in [0.05, 0.1) is 3.79 Å². The monoisotopic (exact) mass is 396 g/mol. The van der Waals surface area contributed by atoms with Crippen LogP contribution in [0.25, 0.3) is 0 Å². The molecule has 2 aromatic rings. The first-order valence-corrected chi connectivity index (χ1v) is 9.02. The van der Waals surface area contributed by atoms with Gasteiger partial charge in [0.25, 0.3) is 0 Å². The van der Waals surface area contributed by atoms with Crippen molar-refractivity contribution in [3.63, 3.8) is 0 Å². The van der Waals surface area contributed by atoms with Crippen molar-refractivity contribution < 1.29 is 9.53 Å². The van der Waals surface area contributed by atoms with Crippen LogP contribution in [-0.2, 0) is 17.8 Å². The SMILES string of the molecule is CC(C)(C)OC(=O)NCc1cccc(NCc2csc(Br)c2)c1. The van der Waals surface area contributed by atoms with Gasteiger partial charge in [-0.15, -0.1) is 11.3 Å². The first-order chi connectivity index (χ1) is 10.8. The van der Waals surface area contributed by atoms with Crippen LogP contribution in [-0.4, -0.2) is 11.7 Å². The third-order valence-corrected chi connectivity index (χ3v) is 4.43. The molecule has 0 aliphatic rings. The summed E-state index contributed by atoms with van der Waals surface area (Å²) in [4.78, 5) is 11.7. The summed E-state index contributed by atoms with van der Waals surface area (Å²) in [5.41, 5.74) is 2.80. The fraction of sp³-hybridized carbons (Fsp3) is 0.353. The van der Waals surface area contributed by atoms with Crippen LogP contribution in [0.4, 0.5) is 10.5 Å². The summed E-state index contributed by atoms with van der Waals surface area (Å²) in [5, 5.41) is 8.26. The van der Waals surface area contributed by atoms with E-state index in [-0.39, 0.29) is 0 Å². The lowest BCUT2D eigenvalue weighted by Gasteiger charge is -2.19. The quantitative estimate of drug-likeness (QED) is 0.734. The summed E-state index contributed by atoms with van der Waals surface area (Å²) in [7, 11) is 0. The zero-order valence-corrected chi connectivity index (χ0v) is 15.9. The van der Waals surface area contributed by atoms with Crippen LogP contribution in [0.2, 0.25) is 0 Å². The maximum absolute atomic E-state index is 11.7. The van der Waals surface area contributed by atoms with E-state index >= 15 is 0 Å². The molecule has 23 heavy (non-hydrogen) atoms. The van der Waals surface area contributed by atoms with Crippen molar-refractivity contribution in [1.29, 1.82) is 0 Å². The predicted octanol–water partition coefficient (Wildman–Crippen LogP) is 5.15. The summed E-state index contributed by atoms with van der Waals surface area (Å²) in [5.74, 6) is 0. The highest BCUT2D eigenvalue weighted by Gasteiger charge is 2.15. The minimum atomic E-state index is -0.484. The van der Waals surface area contributed by atoms with E-state index in [2.05, 4.69) is 38.0 Å². The van der Waals surface area contributed by atoms with Crippen molar-refractivity contribution in [3.8, 4) is 0 Å². The van der Waals surface area contributed by atoms with Gasteiger partial charge in [0, 0.05) is 18.8 Å². The van der Waals surface area contributed by atoms with E-state index in [1.54, 1.807) is 11.3 Å². The second-order valence-corrected chi connectivity index (χ2v) is 8.46. The maximum Gasteiger partial charge on any atom is 0.407 e. The highest BCUT2D eigenvalue weighted by atomic mass is 79.9. The molecule has 0 aliphatic carbocycles. The Bertz CT molecular complexity index is 665. The molecule has 0 spiro atoms. The zero-order chi connectivity index (χ0) is 16.9. The number of thiophene rings is 1. The number of benzene rings is 1. The van der Waals surface area contributed by atoms with Gasteiger partial charge in [-0.3, -0.25) is 0 Å². The zero-order valence-electron chi connectivity index (χ0n) is 13.5. The Morgan fingerprint density at radius 1 is 1.22 bits per heavy atom. The molecule has 0 radical (unpaired) electrons. The lowest BCUT2D eigenvalue weighted by molar-refractivity contribution is 0.0523. The molecule has 0 unspecified atom stereocenters. The van der Waals surface area contributed by atoms with Gasteiger partial charge in [0.15, 0.2) is 0 Å². The van der Waals surface area contributed by atoms with Gasteiger partial charge < -0.3 is 15.4 Å². The molecule has 0 atom stereocenters. The molecule has 0 fully saturated rings. The van der Waals surface area contributed by atoms with Crippen LogP contribution >= 0.6 is 27.3 Å². The third-order valence-electron chi connectivity index (χ3n) is 2.88. The van der Waals surface area contributed by atoms with Crippen LogP contribution in [0.15, 0.2) is 39.5 Å². The van der Waals surface area contributed by atoms with E-state index in [0.717, 1.165) is 21.6 Å². The predicted molar refractivity (Wildman–Crippen MR) is 98.9 cm³/mol. The largest absolute Gasteiger partial charge is 0.444 e. The van der Waals surface area contributed by atoms with E-state index in [1.807, 2.05) is 45.0 Å². The Labute approximate surface area is 149 Å². The number of rotatable bonds is 5. The van der Waals surface area contributed by atoms with Gasteiger partial charge in [0.1, 0.15) is 5.60 Å². The highest BCUT2D eigenvalue weighted by Crippen LogP contribution is 2.21. The number of halogens is 1. The number of amides is 1. The Morgan fingerprint density at radius 2 is 2.00 bits per heavy atom. The van der Waals surface area contributed by atoms with Crippen LogP contribution in [0.3, 0.4) is 0 Å². The number of alkyl carbamates (subject to hydrolysis) is 1. The topological polar surface area (TPSA) is 50.4 Å². The minimum Gasteiger partial charge on any atom is -0.444 e. The molecule has 0 saturated carbocycles. The second kappa shape index (κ2) is 7.84. The smallest absolute Gasteiger partial charge is 0.407 e. The van der Waals surface area contributed by atoms with Gasteiger partial charge >= 0.3 is 6.09 Å². The van der Waals surface area contributed by atoms with Crippen LogP contribution in [0.1, 0.15) is 31.9 Å². The summed E-state index contributed by atoms with van der Waals surface area (Å²) < 4.78 is 6.36. The first-order valence-electron chi connectivity index (χ1n) is 7.34. The third kappa shape index (κ3) is 6.62. The van der Waals surface area contributed by atoms with Crippen LogP contribution in [0, 0.1) is 0 Å². The number of hydrogen-bond donors (Lipinski definition) is 2. The minimum absolute atomic E-state index is 0.404. The van der Waals surface area contributed by atoms with Gasteiger partial charge in [-0.05, 0) is 71.4 Å². The number of ether oxygens (including phenoxy) is 1. The van der Waals surface area contributed by atoms with Crippen molar-refractivity contribution in [3.05, 3.63) is 50.6 Å². The van der Waals surface area contributed by atoms with E-state index in [4.69, 9.17) is 4.74 Å². The van der Waals surface area contributed by atoms with Gasteiger partial charge in [-0.2, -0.15) is 0 Å². The Kier molecular flexibility index (Phi) is 6.07. The molecule has 2 rings (SSSR count). The fourth-order valence-electron chi connectivity index (χ4n) is 1.92. The molecule has 1 aromatic heterocycles. The number of carbonyl (C=O) groups excluding carboxylic acids is 1. The molecule has 4 nitrogen and oxygen atoms in total. The fourth-order valence-corrected chi connectivity index (χ4v) is 3.13. The standard InChI is InChI=1S/C17H21BrN2O2S/c1-17(2,3)22-16(21)20-9-12-5-4-6-14(7-12)19-10-13-8-15(18)23-11-13/h4-8,11,19H,9-10H2,1-3H3,(H,20,21). The normalized spacial score (nSPS) is 11.1. The van der Waals surface area contributed by atoms with Crippen molar-refractivity contribution in [2.24, 2.45) is 0 Å². The van der Waals surface area contributed by atoms with Crippen molar-refractivity contribution in [2.75, 3.05) is 5.32 Å². The number of hydrogen-bond acceptors (Lipinski definition) is 4. The molecule has 1 amide bonds. The molecule has 1 aromatic carbocycles. The molecule has 0 aliphatic heterocycles. The van der Waals surface area contributed by atoms with Crippen molar-refractivity contribution in [1.82, 2.24) is 5.32 Å². The molecule has 2 N–H and O–H groups in total. The van der Waals surface area contributed by atoms with Gasteiger partial charge in [-0.25, -0.2) is 4.79 Å². The Morgan fingerprint density at radius 3 is 2.65 bits per heavy atom. The molecule has 0 saturated heterocycles. The average Bonchev–Trinajstić information content (AvgIpc) is 2.87. The van der Waals surface area contributed by atoms with Gasteiger partial charge in [0.2, 0.25) is 0 Å². The van der Waals surface area contributed by atoms with E-state index in [1.165, 1.54) is 5.56 Å². The summed E-state index contributed by atoms with van der Waals surface area (Å²) >= 11 is 5.14. The van der Waals surface area contributed by atoms with E-state index < -0.39 is 11.7 Å². The summed E-state index contributed by atoms with van der Waals surface area (Å²) in [6.45, 7) is 6.75. The Hall–Kier alpha value is -1.53. The number of anilines is 1. The lowest BCUT2D eigenvalue weighted by Crippen LogP contribution is -2.32. The number of carbonyl (C=O) groups is 1. The van der Waals surface area contributed by atoms with Crippen molar-refractivity contribution >= 4 is 39.0 Å². The molecular formula is C17H21BrN2O2S. The average molecular weight is 397 g/mol. The van der Waals surface area contributed by atoms with Crippen LogP contribution < -0.4 is 10.6 Å². The second-order valence-electron chi connectivity index (χ2n) is 6.17. The molecule has 124 valence electrons. The van der Waals surface area contributed by atoms with Crippen LogP contribution in [0.5, 0.6) is 0 Å². The maximum atomic E-state index is 11.7. The molecule has 1 heterocycles. The molecule has 0 bridgehead atoms. The van der Waals surface area contributed by atoms with Gasteiger partial charge in [-0.1, -0.05) is 12.1 Å². The summed E-state index contributed by atoms with van der Waals surface area (Å²) in [6, 6.07) is 10.1. The highest BCUT2D eigenvalue weighted by molar-refractivity contribution is 9.11.